The number of carboxylic acids is 1. The van der Waals surface area contributed by atoms with Crippen molar-refractivity contribution < 1.29 is 19.0 Å². The number of carboxylic acid groups (broad SMARTS) is 1. The molecule has 3 aromatic carbocycles. The molecule has 0 fully saturated rings. The third kappa shape index (κ3) is 4.91. The fourth-order valence-electron chi connectivity index (χ4n) is 4.07. The molecule has 4 rings (SSSR count). The molecule has 0 aromatic heterocycles. The third-order valence-corrected chi connectivity index (χ3v) is 5.81. The van der Waals surface area contributed by atoms with E-state index in [-0.39, 0.29) is 17.2 Å². The topological polar surface area (TPSA) is 82.4 Å². The highest BCUT2D eigenvalue weighted by Gasteiger charge is 2.20. The van der Waals surface area contributed by atoms with Crippen molar-refractivity contribution >= 4 is 28.6 Å². The Morgan fingerprint density at radius 2 is 1.82 bits per heavy atom. The molecule has 1 heterocycles. The molecular weight excluding hydrogens is 431 g/mol. The largest absolute Gasteiger partial charge is 0.478 e. The van der Waals surface area contributed by atoms with Crippen molar-refractivity contribution in [3.05, 3.63) is 113 Å². The van der Waals surface area contributed by atoms with E-state index in [2.05, 4.69) is 12.2 Å². The highest BCUT2D eigenvalue weighted by Crippen LogP contribution is 2.35. The summed E-state index contributed by atoms with van der Waals surface area (Å²) in [5.41, 5.74) is 4.52. The van der Waals surface area contributed by atoms with Crippen LogP contribution in [0, 0.1) is 17.1 Å². The monoisotopic (exact) mass is 456 g/mol. The summed E-state index contributed by atoms with van der Waals surface area (Å²) in [6, 6.07) is 19.1. The molecule has 172 valence electrons. The van der Waals surface area contributed by atoms with Crippen LogP contribution in [0.1, 0.15) is 40.9 Å². The van der Waals surface area contributed by atoms with Crippen molar-refractivity contribution in [2.24, 2.45) is 5.92 Å². The van der Waals surface area contributed by atoms with E-state index in [1.54, 1.807) is 6.26 Å². The molecule has 6 heteroatoms. The van der Waals surface area contributed by atoms with Crippen LogP contribution < -0.4 is 5.32 Å². The molecule has 0 saturated heterocycles. The van der Waals surface area contributed by atoms with E-state index >= 15 is 0 Å². The summed E-state index contributed by atoms with van der Waals surface area (Å²) in [7, 11) is 0. The summed E-state index contributed by atoms with van der Waals surface area (Å²) in [6.07, 6.45) is 4.06. The van der Waals surface area contributed by atoms with Crippen molar-refractivity contribution in [1.29, 1.82) is 5.41 Å². The second kappa shape index (κ2) is 9.75. The molecule has 0 aliphatic carbocycles. The Bertz CT molecular complexity index is 1310. The zero-order chi connectivity index (χ0) is 24.2. The minimum atomic E-state index is -1.19. The van der Waals surface area contributed by atoms with Gasteiger partial charge in [0.05, 0.1) is 17.5 Å². The molecule has 1 aliphatic heterocycles. The average molecular weight is 457 g/mol. The summed E-state index contributed by atoms with van der Waals surface area (Å²) in [6.45, 7) is 3.99. The van der Waals surface area contributed by atoms with Gasteiger partial charge in [0.1, 0.15) is 11.6 Å². The number of carbonyl (C=O) groups is 1. The van der Waals surface area contributed by atoms with Crippen molar-refractivity contribution in [1.82, 2.24) is 0 Å². The first-order chi connectivity index (χ1) is 16.3. The Balaban J connectivity index is 1.75. The van der Waals surface area contributed by atoms with Gasteiger partial charge < -0.3 is 20.6 Å². The summed E-state index contributed by atoms with van der Waals surface area (Å²) >= 11 is 0. The number of halogens is 1. The number of hydrogen-bond acceptors (Lipinski definition) is 4. The van der Waals surface area contributed by atoms with E-state index in [9.17, 15) is 9.18 Å². The minimum absolute atomic E-state index is 0.128. The highest BCUT2D eigenvalue weighted by molar-refractivity contribution is 6.05. The van der Waals surface area contributed by atoms with Crippen LogP contribution in [0.2, 0.25) is 0 Å². The van der Waals surface area contributed by atoms with Gasteiger partial charge >= 0.3 is 5.97 Å². The van der Waals surface area contributed by atoms with Gasteiger partial charge in [0, 0.05) is 34.9 Å². The van der Waals surface area contributed by atoms with Crippen LogP contribution in [0.3, 0.4) is 0 Å². The van der Waals surface area contributed by atoms with Gasteiger partial charge in [0.25, 0.3) is 0 Å². The maximum atomic E-state index is 14.6. The SMILES string of the molecule is CC1=C(c2ccc(Nc3ccc(C(=O)O)cc3F)c(C(=N)Cc3ccccc3)c2)C(C)C=CO1. The standard InChI is InChI=1S/C28H25FN2O3/c1-17-12-13-34-18(2)27(17)20-8-10-25(31-26-11-9-21(28(32)33)16-23(26)29)22(15-20)24(30)14-19-6-4-3-5-7-19/h3-13,15-17,30-31H,14H2,1-2H3,(H,32,33). The summed E-state index contributed by atoms with van der Waals surface area (Å²) in [5.74, 6) is -0.930. The number of benzene rings is 3. The van der Waals surface area contributed by atoms with E-state index in [0.29, 0.717) is 23.4 Å². The Morgan fingerprint density at radius 3 is 2.50 bits per heavy atom. The van der Waals surface area contributed by atoms with Crippen LogP contribution in [0.15, 0.2) is 84.8 Å². The Morgan fingerprint density at radius 1 is 1.09 bits per heavy atom. The minimum Gasteiger partial charge on any atom is -0.478 e. The first-order valence-electron chi connectivity index (χ1n) is 10.9. The van der Waals surface area contributed by atoms with Crippen molar-refractivity contribution in [2.45, 2.75) is 20.3 Å². The number of rotatable bonds is 7. The molecule has 1 unspecified atom stereocenters. The molecule has 1 atom stereocenters. The van der Waals surface area contributed by atoms with Gasteiger partial charge in [-0.25, -0.2) is 9.18 Å². The van der Waals surface area contributed by atoms with Crippen LogP contribution in [0.25, 0.3) is 5.57 Å². The predicted octanol–water partition coefficient (Wildman–Crippen LogP) is 6.79. The van der Waals surface area contributed by atoms with Crippen LogP contribution in [0.4, 0.5) is 15.8 Å². The third-order valence-electron chi connectivity index (χ3n) is 5.81. The van der Waals surface area contributed by atoms with E-state index in [1.807, 2.05) is 61.5 Å². The number of anilines is 2. The van der Waals surface area contributed by atoms with E-state index < -0.39 is 11.8 Å². The lowest BCUT2D eigenvalue weighted by Crippen LogP contribution is -2.10. The summed E-state index contributed by atoms with van der Waals surface area (Å²) < 4.78 is 20.3. The molecule has 3 aromatic rings. The van der Waals surface area contributed by atoms with Gasteiger partial charge in [-0.15, -0.1) is 0 Å². The number of aromatic carboxylic acids is 1. The smallest absolute Gasteiger partial charge is 0.335 e. The lowest BCUT2D eigenvalue weighted by Gasteiger charge is -2.22. The molecule has 1 aliphatic rings. The molecule has 0 radical (unpaired) electrons. The molecule has 3 N–H and O–H groups in total. The average Bonchev–Trinajstić information content (AvgIpc) is 2.81. The number of allylic oxidation sites excluding steroid dienone is 3. The van der Waals surface area contributed by atoms with Gasteiger partial charge in [-0.1, -0.05) is 43.3 Å². The van der Waals surface area contributed by atoms with Crippen LogP contribution in [0.5, 0.6) is 0 Å². The van der Waals surface area contributed by atoms with Gasteiger partial charge in [0.2, 0.25) is 0 Å². The molecule has 0 spiro atoms. The first-order valence-corrected chi connectivity index (χ1v) is 10.9. The molecule has 0 saturated carbocycles. The lowest BCUT2D eigenvalue weighted by atomic mass is 9.89. The van der Waals surface area contributed by atoms with Gasteiger partial charge in [-0.05, 0) is 54.5 Å². The van der Waals surface area contributed by atoms with Crippen molar-refractivity contribution in [3.63, 3.8) is 0 Å². The number of ether oxygens (including phenoxy) is 1. The zero-order valence-electron chi connectivity index (χ0n) is 18.9. The fraction of sp³-hybridized carbons (Fsp3) is 0.143. The predicted molar refractivity (Wildman–Crippen MR) is 132 cm³/mol. The number of hydrogen-bond donors (Lipinski definition) is 3. The molecule has 5 nitrogen and oxygen atoms in total. The zero-order valence-corrected chi connectivity index (χ0v) is 18.9. The Hall–Kier alpha value is -4.19. The Kier molecular flexibility index (Phi) is 6.59. The van der Waals surface area contributed by atoms with Crippen LogP contribution >= 0.6 is 0 Å². The summed E-state index contributed by atoms with van der Waals surface area (Å²) in [4.78, 5) is 11.1. The fourth-order valence-corrected chi connectivity index (χ4v) is 4.07. The van der Waals surface area contributed by atoms with Gasteiger partial charge in [-0.2, -0.15) is 0 Å². The maximum absolute atomic E-state index is 14.6. The molecule has 34 heavy (non-hydrogen) atoms. The first kappa shape index (κ1) is 23.0. The Labute approximate surface area is 197 Å². The van der Waals surface area contributed by atoms with E-state index in [0.717, 1.165) is 28.5 Å². The van der Waals surface area contributed by atoms with Crippen LogP contribution in [-0.4, -0.2) is 16.8 Å². The maximum Gasteiger partial charge on any atom is 0.335 e. The quantitative estimate of drug-likeness (QED) is 0.342. The van der Waals surface area contributed by atoms with Gasteiger partial charge in [-0.3, -0.25) is 0 Å². The lowest BCUT2D eigenvalue weighted by molar-refractivity contribution is 0.0696. The van der Waals surface area contributed by atoms with Crippen molar-refractivity contribution in [2.75, 3.05) is 5.32 Å². The van der Waals surface area contributed by atoms with E-state index in [1.165, 1.54) is 12.1 Å². The number of nitrogens with one attached hydrogen (secondary N) is 2. The van der Waals surface area contributed by atoms with E-state index in [4.69, 9.17) is 15.3 Å². The van der Waals surface area contributed by atoms with Crippen LogP contribution in [-0.2, 0) is 11.2 Å². The highest BCUT2D eigenvalue weighted by atomic mass is 19.1. The second-order valence-corrected chi connectivity index (χ2v) is 8.23. The molecule has 0 amide bonds. The molecular formula is C28H25FN2O3. The van der Waals surface area contributed by atoms with Crippen molar-refractivity contribution in [3.8, 4) is 0 Å². The summed E-state index contributed by atoms with van der Waals surface area (Å²) in [5, 5.41) is 21.0. The second-order valence-electron chi connectivity index (χ2n) is 8.23. The van der Waals surface area contributed by atoms with Gasteiger partial charge in [0.15, 0.2) is 0 Å². The normalized spacial score (nSPS) is 15.1. The molecule has 0 bridgehead atoms.